The average Bonchev–Trinajstić information content (AvgIpc) is 3.10. The molecule has 2 aromatic rings. The highest BCUT2D eigenvalue weighted by Crippen LogP contribution is 2.41. The molecular formula is C25H33N3O3S. The van der Waals surface area contributed by atoms with Crippen molar-refractivity contribution in [2.45, 2.75) is 72.4 Å². The van der Waals surface area contributed by atoms with Gasteiger partial charge in [-0.1, -0.05) is 0 Å². The number of ether oxygens (including phenoxy) is 1. The van der Waals surface area contributed by atoms with Crippen LogP contribution in [0.15, 0.2) is 6.07 Å². The van der Waals surface area contributed by atoms with Gasteiger partial charge >= 0.3 is 0 Å². The summed E-state index contributed by atoms with van der Waals surface area (Å²) in [5.74, 6) is 1.08. The first-order valence-corrected chi connectivity index (χ1v) is 12.4. The first-order valence-electron chi connectivity index (χ1n) is 11.5. The number of aryl methyl sites for hydroxylation is 2. The molecule has 6 nitrogen and oxygen atoms in total. The van der Waals surface area contributed by atoms with Crippen molar-refractivity contribution < 1.29 is 14.3 Å². The van der Waals surface area contributed by atoms with Gasteiger partial charge in [0.1, 0.15) is 5.78 Å². The summed E-state index contributed by atoms with van der Waals surface area (Å²) < 4.78 is 5.52. The van der Waals surface area contributed by atoms with Crippen molar-refractivity contribution in [1.29, 1.82) is 0 Å². The molecule has 2 aromatic heterocycles. The third-order valence-corrected chi connectivity index (χ3v) is 8.23. The fourth-order valence-corrected chi connectivity index (χ4v) is 6.54. The van der Waals surface area contributed by atoms with Gasteiger partial charge in [0.15, 0.2) is 0 Å². The van der Waals surface area contributed by atoms with E-state index in [0.717, 1.165) is 53.8 Å². The van der Waals surface area contributed by atoms with Crippen LogP contribution in [0.25, 0.3) is 0 Å². The number of aromatic nitrogens is 1. The second kappa shape index (κ2) is 9.22. The Bertz CT molecular complexity index is 1040. The van der Waals surface area contributed by atoms with Crippen molar-refractivity contribution >= 4 is 28.0 Å². The number of anilines is 1. The number of thiophene rings is 1. The van der Waals surface area contributed by atoms with Gasteiger partial charge in [0, 0.05) is 54.5 Å². The second-order valence-electron chi connectivity index (χ2n) is 8.93. The topological polar surface area (TPSA) is 62.7 Å². The summed E-state index contributed by atoms with van der Waals surface area (Å²) in [6.45, 7) is 10.4. The molecule has 7 heteroatoms. The van der Waals surface area contributed by atoms with Crippen LogP contribution in [0.5, 0.6) is 5.88 Å². The molecule has 0 spiro atoms. The van der Waals surface area contributed by atoms with E-state index in [1.54, 1.807) is 18.4 Å². The number of rotatable bonds is 6. The van der Waals surface area contributed by atoms with E-state index in [4.69, 9.17) is 4.74 Å². The summed E-state index contributed by atoms with van der Waals surface area (Å²) in [6, 6.07) is 2.42. The Morgan fingerprint density at radius 1 is 1.19 bits per heavy atom. The van der Waals surface area contributed by atoms with Crippen LogP contribution in [-0.2, 0) is 17.8 Å². The Morgan fingerprint density at radius 2 is 1.91 bits per heavy atom. The summed E-state index contributed by atoms with van der Waals surface area (Å²) in [6.07, 6.45) is 4.03. The molecule has 1 aliphatic heterocycles. The van der Waals surface area contributed by atoms with E-state index in [0.29, 0.717) is 43.6 Å². The molecule has 0 radical (unpaired) electrons. The van der Waals surface area contributed by atoms with Gasteiger partial charge in [-0.05, 0) is 57.7 Å². The Hall–Kier alpha value is -2.41. The summed E-state index contributed by atoms with van der Waals surface area (Å²) >= 11 is 1.77. The minimum absolute atomic E-state index is 0.100. The van der Waals surface area contributed by atoms with E-state index in [1.807, 2.05) is 24.8 Å². The Kier molecular flexibility index (Phi) is 6.56. The third kappa shape index (κ3) is 4.15. The zero-order chi connectivity index (χ0) is 23.0. The van der Waals surface area contributed by atoms with E-state index in [-0.39, 0.29) is 5.91 Å². The molecule has 0 aromatic carbocycles. The van der Waals surface area contributed by atoms with Crippen molar-refractivity contribution in [2.75, 3.05) is 25.1 Å². The number of amides is 1. The van der Waals surface area contributed by atoms with Crippen molar-refractivity contribution in [1.82, 2.24) is 9.88 Å². The second-order valence-corrected chi connectivity index (χ2v) is 10.0. The zero-order valence-corrected chi connectivity index (χ0v) is 20.6. The zero-order valence-electron chi connectivity index (χ0n) is 19.8. The highest BCUT2D eigenvalue weighted by Gasteiger charge is 2.33. The van der Waals surface area contributed by atoms with E-state index < -0.39 is 0 Å². The molecule has 4 rings (SSSR count). The number of Topliss-reactive ketones (excluding diaryl/α,β-unsaturated/α-hetero) is 1. The molecule has 0 bridgehead atoms. The smallest absolute Gasteiger partial charge is 0.255 e. The summed E-state index contributed by atoms with van der Waals surface area (Å²) in [4.78, 5) is 35.4. The molecule has 1 saturated carbocycles. The molecular weight excluding hydrogens is 422 g/mol. The molecule has 0 N–H and O–H groups in total. The molecule has 0 atom stereocenters. The van der Waals surface area contributed by atoms with Crippen LogP contribution in [0.2, 0.25) is 0 Å². The van der Waals surface area contributed by atoms with E-state index in [2.05, 4.69) is 23.7 Å². The Morgan fingerprint density at radius 3 is 2.56 bits per heavy atom. The normalized spacial score (nSPS) is 17.0. The van der Waals surface area contributed by atoms with Gasteiger partial charge < -0.3 is 14.5 Å². The minimum atomic E-state index is 0.100. The summed E-state index contributed by atoms with van der Waals surface area (Å²) in [5.41, 5.74) is 4.95. The molecule has 172 valence electrons. The number of hydrogen-bond donors (Lipinski definition) is 0. The average molecular weight is 456 g/mol. The molecule has 2 aliphatic rings. The number of hydrogen-bond acceptors (Lipinski definition) is 6. The lowest BCUT2D eigenvalue weighted by Gasteiger charge is -2.34. The van der Waals surface area contributed by atoms with Gasteiger partial charge in [0.25, 0.3) is 5.91 Å². The third-order valence-electron chi connectivity index (χ3n) is 6.84. The number of carbonyl (C=O) groups is 2. The minimum Gasteiger partial charge on any atom is -0.481 e. The summed E-state index contributed by atoms with van der Waals surface area (Å²) in [7, 11) is 1.63. The lowest BCUT2D eigenvalue weighted by molar-refractivity contribution is -0.120. The van der Waals surface area contributed by atoms with Crippen molar-refractivity contribution in [3.63, 3.8) is 0 Å². The van der Waals surface area contributed by atoms with Crippen molar-refractivity contribution in [2.24, 2.45) is 0 Å². The SMILES string of the molecule is CCN(c1sc2c(c1C)C(=O)N(Cc1c(C)cc(C)nc1OC)CC2)C1CCC(=O)CC1. The fourth-order valence-electron chi connectivity index (χ4n) is 5.12. The predicted octanol–water partition coefficient (Wildman–Crippen LogP) is 4.61. The lowest BCUT2D eigenvalue weighted by atomic mass is 9.93. The molecule has 1 amide bonds. The van der Waals surface area contributed by atoms with Gasteiger partial charge in [-0.3, -0.25) is 9.59 Å². The first-order chi connectivity index (χ1) is 15.3. The van der Waals surface area contributed by atoms with E-state index >= 15 is 0 Å². The highest BCUT2D eigenvalue weighted by atomic mass is 32.1. The highest BCUT2D eigenvalue weighted by molar-refractivity contribution is 7.16. The maximum Gasteiger partial charge on any atom is 0.255 e. The van der Waals surface area contributed by atoms with Crippen molar-refractivity contribution in [3.8, 4) is 5.88 Å². The van der Waals surface area contributed by atoms with Crippen LogP contribution in [0.4, 0.5) is 5.00 Å². The number of fused-ring (bicyclic) bond motifs is 1. The van der Waals surface area contributed by atoms with Gasteiger partial charge in [0.2, 0.25) is 5.88 Å². The number of carbonyl (C=O) groups excluding carboxylic acids is 2. The monoisotopic (exact) mass is 455 g/mol. The van der Waals surface area contributed by atoms with Crippen LogP contribution in [0.1, 0.15) is 70.2 Å². The maximum absolute atomic E-state index is 13.6. The maximum atomic E-state index is 13.6. The van der Waals surface area contributed by atoms with Gasteiger partial charge in [-0.25, -0.2) is 4.98 Å². The number of pyridine rings is 1. The first kappa shape index (κ1) is 22.8. The summed E-state index contributed by atoms with van der Waals surface area (Å²) in [5, 5.41) is 1.21. The van der Waals surface area contributed by atoms with Crippen LogP contribution < -0.4 is 9.64 Å². The molecule has 3 heterocycles. The van der Waals surface area contributed by atoms with Crippen LogP contribution in [0.3, 0.4) is 0 Å². The van der Waals surface area contributed by atoms with E-state index in [1.165, 1.54) is 9.88 Å². The standard InChI is InChI=1S/C25H33N3O3S/c1-6-28(18-7-9-19(29)10-8-18)25-17(4)22-21(32-25)11-12-27(24(22)30)14-20-15(2)13-16(3)26-23(20)31-5/h13,18H,6-12,14H2,1-5H3. The molecule has 0 saturated heterocycles. The number of nitrogens with zero attached hydrogens (tertiary/aromatic N) is 3. The quantitative estimate of drug-likeness (QED) is 0.636. The molecule has 32 heavy (non-hydrogen) atoms. The Balaban J connectivity index is 1.60. The van der Waals surface area contributed by atoms with Crippen LogP contribution in [0, 0.1) is 20.8 Å². The predicted molar refractivity (Wildman–Crippen MR) is 128 cm³/mol. The lowest BCUT2D eigenvalue weighted by Crippen LogP contribution is -2.38. The number of methoxy groups -OCH3 is 1. The van der Waals surface area contributed by atoms with Gasteiger partial charge in [0.05, 0.1) is 24.2 Å². The van der Waals surface area contributed by atoms with E-state index in [9.17, 15) is 9.59 Å². The van der Waals surface area contributed by atoms with Crippen molar-refractivity contribution in [3.05, 3.63) is 38.9 Å². The molecule has 1 aliphatic carbocycles. The largest absolute Gasteiger partial charge is 0.481 e. The van der Waals surface area contributed by atoms with Crippen LogP contribution in [-0.4, -0.2) is 47.8 Å². The Labute approximate surface area is 194 Å². The van der Waals surface area contributed by atoms with Gasteiger partial charge in [-0.15, -0.1) is 11.3 Å². The van der Waals surface area contributed by atoms with Gasteiger partial charge in [-0.2, -0.15) is 0 Å². The molecule has 0 unspecified atom stereocenters. The molecule has 1 fully saturated rings. The van der Waals surface area contributed by atoms with Crippen LogP contribution >= 0.6 is 11.3 Å². The fraction of sp³-hybridized carbons (Fsp3) is 0.560. The number of ketones is 1.